The fraction of sp³-hybridized carbons (Fsp3) is 0.500. The van der Waals surface area contributed by atoms with Gasteiger partial charge in [-0.2, -0.15) is 4.98 Å². The molecule has 0 spiro atoms. The summed E-state index contributed by atoms with van der Waals surface area (Å²) in [5.41, 5.74) is 5.36. The summed E-state index contributed by atoms with van der Waals surface area (Å²) >= 11 is 0. The average Bonchev–Trinajstić information content (AvgIpc) is 2.85. The Hall–Kier alpha value is -1.96. The molecule has 0 aromatic carbocycles. The molecule has 0 atom stereocenters. The second-order valence-corrected chi connectivity index (χ2v) is 3.12. The molecule has 0 radical (unpaired) electrons. The number of hydrogen-bond donors (Lipinski definition) is 2. The van der Waals surface area contributed by atoms with Gasteiger partial charge < -0.3 is 20.0 Å². The van der Waals surface area contributed by atoms with E-state index in [1.165, 1.54) is 0 Å². The first-order valence-corrected chi connectivity index (χ1v) is 4.83. The quantitative estimate of drug-likeness (QED) is 0.721. The summed E-state index contributed by atoms with van der Waals surface area (Å²) in [5, 5.41) is 14.2. The van der Waals surface area contributed by atoms with Gasteiger partial charge in [-0.15, -0.1) is 5.10 Å². The molecule has 0 saturated carbocycles. The molecule has 86 valence electrons. The molecule has 16 heavy (non-hydrogen) atoms. The van der Waals surface area contributed by atoms with E-state index in [4.69, 9.17) is 14.7 Å². The number of anilines is 1. The zero-order chi connectivity index (χ0) is 11.4. The van der Waals surface area contributed by atoms with E-state index in [-0.39, 0.29) is 0 Å². The maximum Gasteiger partial charge on any atom is 0.315 e. The summed E-state index contributed by atoms with van der Waals surface area (Å²) in [7, 11) is 0. The van der Waals surface area contributed by atoms with Crippen LogP contribution in [0.2, 0.25) is 0 Å². The number of rotatable bonds is 5. The lowest BCUT2D eigenvalue weighted by Gasteiger charge is -1.94. The SMILES string of the molecule is Cc1nc(CNc2nnc(CCN)o2)no1. The fourth-order valence-corrected chi connectivity index (χ4v) is 1.12. The Kier molecular flexibility index (Phi) is 3.10. The van der Waals surface area contributed by atoms with E-state index in [9.17, 15) is 0 Å². The molecule has 2 rings (SSSR count). The molecule has 0 aliphatic rings. The van der Waals surface area contributed by atoms with Crippen LogP contribution in [-0.2, 0) is 13.0 Å². The highest BCUT2D eigenvalue weighted by atomic mass is 16.5. The van der Waals surface area contributed by atoms with Gasteiger partial charge in [-0.3, -0.25) is 0 Å². The van der Waals surface area contributed by atoms with Crippen LogP contribution in [0.5, 0.6) is 0 Å². The highest BCUT2D eigenvalue weighted by Crippen LogP contribution is 2.06. The van der Waals surface area contributed by atoms with E-state index in [0.29, 0.717) is 43.1 Å². The predicted molar refractivity (Wildman–Crippen MR) is 53.4 cm³/mol. The number of aromatic nitrogens is 4. The molecule has 2 aromatic rings. The van der Waals surface area contributed by atoms with Crippen LogP contribution in [0.15, 0.2) is 8.94 Å². The van der Waals surface area contributed by atoms with Crippen molar-refractivity contribution in [1.82, 2.24) is 20.3 Å². The second-order valence-electron chi connectivity index (χ2n) is 3.12. The normalized spacial score (nSPS) is 10.6. The van der Waals surface area contributed by atoms with Gasteiger partial charge in [0.2, 0.25) is 11.8 Å². The van der Waals surface area contributed by atoms with Gasteiger partial charge in [0, 0.05) is 19.9 Å². The van der Waals surface area contributed by atoms with Crippen LogP contribution >= 0.6 is 0 Å². The molecule has 3 N–H and O–H groups in total. The van der Waals surface area contributed by atoms with E-state index < -0.39 is 0 Å². The van der Waals surface area contributed by atoms with Gasteiger partial charge >= 0.3 is 6.01 Å². The van der Waals surface area contributed by atoms with Crippen molar-refractivity contribution in [2.75, 3.05) is 11.9 Å². The zero-order valence-corrected chi connectivity index (χ0v) is 8.80. The van der Waals surface area contributed by atoms with Crippen LogP contribution in [0.4, 0.5) is 6.01 Å². The number of nitrogens with one attached hydrogen (secondary N) is 1. The van der Waals surface area contributed by atoms with Crippen LogP contribution < -0.4 is 11.1 Å². The molecule has 0 aliphatic carbocycles. The summed E-state index contributed by atoms with van der Waals surface area (Å²) in [5.74, 6) is 1.57. The molecular formula is C8H12N6O2. The van der Waals surface area contributed by atoms with E-state index in [2.05, 4.69) is 25.7 Å². The van der Waals surface area contributed by atoms with Crippen molar-refractivity contribution >= 4 is 6.01 Å². The molecule has 0 unspecified atom stereocenters. The minimum atomic E-state index is 0.325. The number of hydrogen-bond acceptors (Lipinski definition) is 8. The van der Waals surface area contributed by atoms with E-state index in [1.807, 2.05) is 0 Å². The highest BCUT2D eigenvalue weighted by Gasteiger charge is 2.06. The lowest BCUT2D eigenvalue weighted by Crippen LogP contribution is -2.02. The first-order valence-electron chi connectivity index (χ1n) is 4.83. The van der Waals surface area contributed by atoms with Crippen molar-refractivity contribution in [3.05, 3.63) is 17.6 Å². The summed E-state index contributed by atoms with van der Waals surface area (Å²) < 4.78 is 10.1. The smallest absolute Gasteiger partial charge is 0.315 e. The third kappa shape index (κ3) is 2.54. The number of nitrogens with zero attached hydrogens (tertiary/aromatic N) is 4. The van der Waals surface area contributed by atoms with Crippen molar-refractivity contribution in [1.29, 1.82) is 0 Å². The second kappa shape index (κ2) is 4.71. The topological polar surface area (TPSA) is 116 Å². The average molecular weight is 224 g/mol. The Bertz CT molecular complexity index is 451. The van der Waals surface area contributed by atoms with Gasteiger partial charge in [-0.25, -0.2) is 0 Å². The Balaban J connectivity index is 1.89. The molecule has 0 fully saturated rings. The molecule has 0 aliphatic heterocycles. The van der Waals surface area contributed by atoms with Gasteiger partial charge in [-0.05, 0) is 0 Å². The first-order chi connectivity index (χ1) is 7.78. The number of nitrogens with two attached hydrogens (primary N) is 1. The van der Waals surface area contributed by atoms with Crippen molar-refractivity contribution in [2.24, 2.45) is 5.73 Å². The van der Waals surface area contributed by atoms with Gasteiger partial charge in [0.25, 0.3) is 0 Å². The van der Waals surface area contributed by atoms with E-state index >= 15 is 0 Å². The van der Waals surface area contributed by atoms with E-state index in [1.54, 1.807) is 6.92 Å². The monoisotopic (exact) mass is 224 g/mol. The third-order valence-corrected chi connectivity index (χ3v) is 1.79. The van der Waals surface area contributed by atoms with Crippen molar-refractivity contribution in [2.45, 2.75) is 19.9 Å². The minimum absolute atomic E-state index is 0.325. The summed E-state index contributed by atoms with van der Waals surface area (Å²) in [6, 6.07) is 0.325. The van der Waals surface area contributed by atoms with Crippen LogP contribution in [0.3, 0.4) is 0 Å². The Morgan fingerprint density at radius 3 is 2.94 bits per heavy atom. The van der Waals surface area contributed by atoms with Gasteiger partial charge in [-0.1, -0.05) is 10.3 Å². The molecule has 8 nitrogen and oxygen atoms in total. The highest BCUT2D eigenvalue weighted by molar-refractivity contribution is 5.17. The van der Waals surface area contributed by atoms with Gasteiger partial charge in [0.1, 0.15) is 0 Å². The maximum atomic E-state index is 5.36. The van der Waals surface area contributed by atoms with Crippen molar-refractivity contribution < 1.29 is 8.94 Å². The maximum absolute atomic E-state index is 5.36. The van der Waals surface area contributed by atoms with E-state index in [0.717, 1.165) is 0 Å². The Morgan fingerprint density at radius 2 is 2.25 bits per heavy atom. The lowest BCUT2D eigenvalue weighted by atomic mass is 10.4. The van der Waals surface area contributed by atoms with Gasteiger partial charge in [0.15, 0.2) is 5.82 Å². The fourth-order valence-electron chi connectivity index (χ4n) is 1.12. The van der Waals surface area contributed by atoms with Crippen LogP contribution in [0.1, 0.15) is 17.6 Å². The molecule has 0 bridgehead atoms. The van der Waals surface area contributed by atoms with Crippen LogP contribution in [0.25, 0.3) is 0 Å². The third-order valence-electron chi connectivity index (χ3n) is 1.79. The largest absolute Gasteiger partial charge is 0.408 e. The summed E-state index contributed by atoms with van der Waals surface area (Å²) in [6.45, 7) is 2.58. The molecule has 8 heteroatoms. The Labute approximate surface area is 91.2 Å². The lowest BCUT2D eigenvalue weighted by molar-refractivity contribution is 0.388. The number of aryl methyl sites for hydroxylation is 1. The van der Waals surface area contributed by atoms with Crippen LogP contribution in [0, 0.1) is 6.92 Å². The summed E-state index contributed by atoms with van der Waals surface area (Å²) in [4.78, 5) is 4.02. The predicted octanol–water partition coefficient (Wildman–Crippen LogP) is -0.126. The summed E-state index contributed by atoms with van der Waals surface area (Å²) in [6.07, 6.45) is 0.565. The standard InChI is InChI=1S/C8H12N6O2/c1-5-11-6(14-16-5)4-10-8-13-12-7(15-8)2-3-9/h2-4,9H2,1H3,(H,10,13). The van der Waals surface area contributed by atoms with Gasteiger partial charge in [0.05, 0.1) is 6.54 Å². The molecule has 0 amide bonds. The zero-order valence-electron chi connectivity index (χ0n) is 8.80. The molecule has 2 aromatic heterocycles. The van der Waals surface area contributed by atoms with Crippen molar-refractivity contribution in [3.63, 3.8) is 0 Å². The molecule has 0 saturated heterocycles. The molecular weight excluding hydrogens is 212 g/mol. The molecule has 2 heterocycles. The first kappa shape index (κ1) is 10.6. The van der Waals surface area contributed by atoms with Crippen molar-refractivity contribution in [3.8, 4) is 0 Å². The minimum Gasteiger partial charge on any atom is -0.408 e. The Morgan fingerprint density at radius 1 is 1.38 bits per heavy atom. The van der Waals surface area contributed by atoms with Crippen LogP contribution in [-0.4, -0.2) is 26.9 Å².